The van der Waals surface area contributed by atoms with Crippen LogP contribution in [0.4, 0.5) is 8.78 Å². The Balaban J connectivity index is 1.86. The molecule has 0 radical (unpaired) electrons. The van der Waals surface area contributed by atoms with Crippen LogP contribution < -0.4 is 10.5 Å². The first kappa shape index (κ1) is 21.6. The van der Waals surface area contributed by atoms with Gasteiger partial charge in [0.1, 0.15) is 24.0 Å². The average Bonchev–Trinajstić information content (AvgIpc) is 3.23. The fraction of sp³-hybridized carbons (Fsp3) is 0.273. The number of ketones is 1. The molecular formula is C22H24F2N4O2. The number of aromatic amines is 1. The second-order valence-corrected chi connectivity index (χ2v) is 7.25. The van der Waals surface area contributed by atoms with Crippen LogP contribution in [0.15, 0.2) is 48.8 Å². The predicted molar refractivity (Wildman–Crippen MR) is 110 cm³/mol. The molecule has 8 heteroatoms. The number of Topliss-reactive ketones (excluding diaryl/α,β-unsaturated/α-hetero) is 1. The minimum absolute atomic E-state index is 0.113. The zero-order chi connectivity index (χ0) is 21.7. The summed E-state index contributed by atoms with van der Waals surface area (Å²) in [5, 5.41) is 6.51. The highest BCUT2D eigenvalue weighted by atomic mass is 19.1. The van der Waals surface area contributed by atoms with Crippen molar-refractivity contribution < 1.29 is 18.3 Å². The fourth-order valence-corrected chi connectivity index (χ4v) is 2.98. The molecule has 0 spiro atoms. The first-order chi connectivity index (χ1) is 14.3. The summed E-state index contributed by atoms with van der Waals surface area (Å²) in [6.45, 7) is 1.02. The van der Waals surface area contributed by atoms with Crippen LogP contribution in [-0.2, 0) is 11.2 Å². The van der Waals surface area contributed by atoms with Gasteiger partial charge in [-0.1, -0.05) is 12.1 Å². The third-order valence-corrected chi connectivity index (χ3v) is 4.70. The number of nitrogens with two attached hydrogens (primary N) is 1. The summed E-state index contributed by atoms with van der Waals surface area (Å²) in [7, 11) is 3.83. The molecule has 0 aliphatic rings. The molecule has 0 saturated carbocycles. The van der Waals surface area contributed by atoms with Crippen LogP contribution in [0.2, 0.25) is 0 Å². The molecule has 2 aromatic carbocycles. The highest BCUT2D eigenvalue weighted by Gasteiger charge is 2.21. The van der Waals surface area contributed by atoms with Crippen molar-refractivity contribution >= 4 is 5.78 Å². The molecule has 0 aliphatic carbocycles. The Kier molecular flexibility index (Phi) is 6.91. The van der Waals surface area contributed by atoms with Crippen LogP contribution in [0.25, 0.3) is 11.1 Å². The minimum atomic E-state index is -0.947. The number of nitrogens with one attached hydrogen (secondary N) is 1. The summed E-state index contributed by atoms with van der Waals surface area (Å²) in [5.41, 5.74) is 7.84. The molecule has 1 aromatic heterocycles. The van der Waals surface area contributed by atoms with Gasteiger partial charge in [0.25, 0.3) is 0 Å². The van der Waals surface area contributed by atoms with Crippen molar-refractivity contribution in [2.75, 3.05) is 27.2 Å². The van der Waals surface area contributed by atoms with E-state index in [0.29, 0.717) is 41.2 Å². The largest absolute Gasteiger partial charge is 0.492 e. The number of carbonyl (C=O) groups is 1. The molecule has 1 atom stereocenters. The summed E-state index contributed by atoms with van der Waals surface area (Å²) < 4.78 is 33.8. The van der Waals surface area contributed by atoms with E-state index in [-0.39, 0.29) is 12.2 Å². The highest BCUT2D eigenvalue weighted by Crippen LogP contribution is 2.31. The van der Waals surface area contributed by atoms with Crippen LogP contribution in [-0.4, -0.2) is 48.1 Å². The number of benzene rings is 2. The fourth-order valence-electron chi connectivity index (χ4n) is 2.98. The number of hydrogen-bond acceptors (Lipinski definition) is 5. The van der Waals surface area contributed by atoms with Crippen molar-refractivity contribution in [2.24, 2.45) is 5.73 Å². The molecule has 3 N–H and O–H groups in total. The number of rotatable bonds is 9. The maximum Gasteiger partial charge on any atom is 0.158 e. The number of ether oxygens (including phenoxy) is 1. The van der Waals surface area contributed by atoms with E-state index < -0.39 is 17.7 Å². The van der Waals surface area contributed by atoms with Gasteiger partial charge in [0.15, 0.2) is 5.78 Å². The van der Waals surface area contributed by atoms with Gasteiger partial charge in [-0.25, -0.2) is 8.78 Å². The van der Waals surface area contributed by atoms with E-state index in [9.17, 15) is 13.6 Å². The standard InChI is InChI=1S/C22H24F2N4O2/c1-28(2)7-8-30-21-11-18(16-12-26-27-13-16)19(24)9-15(21)10-20(29)22(25)14-3-5-17(23)6-4-14/h3-6,9,11-13,22H,7-8,10,25H2,1-2H3,(H,26,27)/t22-/m1/s1. The van der Waals surface area contributed by atoms with Gasteiger partial charge in [0, 0.05) is 35.9 Å². The molecule has 3 rings (SSSR count). The predicted octanol–water partition coefficient (Wildman–Crippen LogP) is 3.11. The molecule has 0 fully saturated rings. The number of H-pyrrole nitrogens is 1. The van der Waals surface area contributed by atoms with Gasteiger partial charge < -0.3 is 15.4 Å². The van der Waals surface area contributed by atoms with Gasteiger partial charge in [-0.05, 0) is 43.9 Å². The Morgan fingerprint density at radius 2 is 1.97 bits per heavy atom. The van der Waals surface area contributed by atoms with Crippen molar-refractivity contribution in [1.29, 1.82) is 0 Å². The first-order valence-electron chi connectivity index (χ1n) is 9.48. The third kappa shape index (κ3) is 5.28. The lowest BCUT2D eigenvalue weighted by Crippen LogP contribution is -2.24. The van der Waals surface area contributed by atoms with Gasteiger partial charge in [-0.3, -0.25) is 9.89 Å². The topological polar surface area (TPSA) is 84.2 Å². The molecule has 6 nitrogen and oxygen atoms in total. The Morgan fingerprint density at radius 3 is 2.60 bits per heavy atom. The normalized spacial score (nSPS) is 12.2. The number of likely N-dealkylation sites (N-methyl/N-ethyl adjacent to an activating group) is 1. The van der Waals surface area contributed by atoms with Crippen molar-refractivity contribution in [3.05, 3.63) is 71.6 Å². The number of hydrogen-bond donors (Lipinski definition) is 2. The van der Waals surface area contributed by atoms with E-state index in [0.717, 1.165) is 0 Å². The van der Waals surface area contributed by atoms with Crippen LogP contribution in [0.1, 0.15) is 17.2 Å². The second-order valence-electron chi connectivity index (χ2n) is 7.25. The summed E-state index contributed by atoms with van der Waals surface area (Å²) in [6, 6.07) is 7.35. The molecule has 1 heterocycles. The quantitative estimate of drug-likeness (QED) is 0.562. The Hall–Kier alpha value is -3.10. The Labute approximate surface area is 173 Å². The molecule has 0 aliphatic heterocycles. The van der Waals surface area contributed by atoms with Crippen LogP contribution in [0.5, 0.6) is 5.75 Å². The molecular weight excluding hydrogens is 390 g/mol. The van der Waals surface area contributed by atoms with E-state index >= 15 is 0 Å². The monoisotopic (exact) mass is 414 g/mol. The molecule has 30 heavy (non-hydrogen) atoms. The highest BCUT2D eigenvalue weighted by molar-refractivity contribution is 5.87. The summed E-state index contributed by atoms with van der Waals surface area (Å²) in [5.74, 6) is -0.815. The number of halogens is 2. The van der Waals surface area contributed by atoms with Gasteiger partial charge in [0.05, 0.1) is 12.2 Å². The zero-order valence-electron chi connectivity index (χ0n) is 16.9. The van der Waals surface area contributed by atoms with Crippen molar-refractivity contribution in [2.45, 2.75) is 12.5 Å². The lowest BCUT2D eigenvalue weighted by Gasteiger charge is -2.17. The molecule has 0 bridgehead atoms. The number of carbonyl (C=O) groups excluding carboxylic acids is 1. The second kappa shape index (κ2) is 9.60. The Morgan fingerprint density at radius 1 is 1.23 bits per heavy atom. The minimum Gasteiger partial charge on any atom is -0.492 e. The lowest BCUT2D eigenvalue weighted by molar-refractivity contribution is -0.119. The first-order valence-corrected chi connectivity index (χ1v) is 9.48. The zero-order valence-corrected chi connectivity index (χ0v) is 16.9. The maximum absolute atomic E-state index is 14.8. The SMILES string of the molecule is CN(C)CCOc1cc(-c2cn[nH]c2)c(F)cc1CC(=O)[C@H](N)c1ccc(F)cc1. The van der Waals surface area contributed by atoms with Crippen molar-refractivity contribution in [3.63, 3.8) is 0 Å². The van der Waals surface area contributed by atoms with Crippen LogP contribution in [0.3, 0.4) is 0 Å². The van der Waals surface area contributed by atoms with Gasteiger partial charge in [-0.2, -0.15) is 5.10 Å². The molecule has 0 amide bonds. The van der Waals surface area contributed by atoms with Gasteiger partial charge in [0.2, 0.25) is 0 Å². The maximum atomic E-state index is 14.8. The van der Waals surface area contributed by atoms with E-state index in [4.69, 9.17) is 10.5 Å². The Bertz CT molecular complexity index is 989. The molecule has 3 aromatic rings. The van der Waals surface area contributed by atoms with Crippen LogP contribution >= 0.6 is 0 Å². The number of aromatic nitrogens is 2. The van der Waals surface area contributed by atoms with E-state index in [1.165, 1.54) is 36.5 Å². The van der Waals surface area contributed by atoms with Crippen LogP contribution in [0, 0.1) is 11.6 Å². The third-order valence-electron chi connectivity index (χ3n) is 4.70. The summed E-state index contributed by atoms with van der Waals surface area (Å²) >= 11 is 0. The average molecular weight is 414 g/mol. The number of nitrogens with zero attached hydrogens (tertiary/aromatic N) is 2. The summed E-state index contributed by atoms with van der Waals surface area (Å²) in [4.78, 5) is 14.7. The van der Waals surface area contributed by atoms with Crippen molar-refractivity contribution in [3.8, 4) is 16.9 Å². The molecule has 158 valence electrons. The van der Waals surface area contributed by atoms with Gasteiger partial charge >= 0.3 is 0 Å². The summed E-state index contributed by atoms with van der Waals surface area (Å²) in [6.07, 6.45) is 2.98. The van der Waals surface area contributed by atoms with E-state index in [1.54, 1.807) is 12.3 Å². The smallest absolute Gasteiger partial charge is 0.158 e. The van der Waals surface area contributed by atoms with E-state index in [1.807, 2.05) is 19.0 Å². The van der Waals surface area contributed by atoms with E-state index in [2.05, 4.69) is 10.2 Å². The van der Waals surface area contributed by atoms with Gasteiger partial charge in [-0.15, -0.1) is 0 Å². The lowest BCUT2D eigenvalue weighted by atomic mass is 9.96. The van der Waals surface area contributed by atoms with Crippen molar-refractivity contribution in [1.82, 2.24) is 15.1 Å². The molecule has 0 unspecified atom stereocenters. The molecule has 0 saturated heterocycles.